The van der Waals surface area contributed by atoms with Crippen LogP contribution in [0.3, 0.4) is 0 Å². The third-order valence-electron chi connectivity index (χ3n) is 5.65. The van der Waals surface area contributed by atoms with Gasteiger partial charge >= 0.3 is 5.97 Å². The Morgan fingerprint density at radius 1 is 0.967 bits per heavy atom. The summed E-state index contributed by atoms with van der Waals surface area (Å²) in [4.78, 5) is 12.8. The van der Waals surface area contributed by atoms with E-state index in [4.69, 9.17) is 4.74 Å². The van der Waals surface area contributed by atoms with Crippen molar-refractivity contribution in [1.82, 2.24) is 4.57 Å². The molecule has 1 aromatic heterocycles. The highest BCUT2D eigenvalue weighted by Crippen LogP contribution is 2.28. The van der Waals surface area contributed by atoms with E-state index in [2.05, 4.69) is 46.8 Å². The average Bonchev–Trinajstić information content (AvgIpc) is 2.95. The molecule has 3 nitrogen and oxygen atoms in total. The van der Waals surface area contributed by atoms with Crippen LogP contribution in [-0.4, -0.2) is 10.5 Å². The topological polar surface area (TPSA) is 31.2 Å². The zero-order valence-electron chi connectivity index (χ0n) is 18.9. The Morgan fingerprint density at radius 3 is 2.07 bits per heavy atom. The zero-order valence-corrected chi connectivity index (χ0v) is 18.9. The normalized spacial score (nSPS) is 11.6. The van der Waals surface area contributed by atoms with E-state index in [9.17, 15) is 9.18 Å². The van der Waals surface area contributed by atoms with E-state index >= 15 is 0 Å². The van der Waals surface area contributed by atoms with Gasteiger partial charge in [0.2, 0.25) is 0 Å². The fraction of sp³-hybridized carbons (Fsp3) is 0.346. The number of benzene rings is 2. The van der Waals surface area contributed by atoms with Gasteiger partial charge < -0.3 is 9.30 Å². The number of hydrogen-bond donors (Lipinski definition) is 0. The summed E-state index contributed by atoms with van der Waals surface area (Å²) in [5.74, 6) is -0.640. The Balaban J connectivity index is 1.83. The molecule has 0 amide bonds. The van der Waals surface area contributed by atoms with Crippen LogP contribution in [-0.2, 0) is 16.8 Å². The fourth-order valence-electron chi connectivity index (χ4n) is 3.83. The largest absolute Gasteiger partial charge is 0.457 e. The van der Waals surface area contributed by atoms with Gasteiger partial charge in [0, 0.05) is 17.1 Å². The molecule has 0 aliphatic carbocycles. The van der Waals surface area contributed by atoms with Gasteiger partial charge in [-0.25, -0.2) is 9.18 Å². The van der Waals surface area contributed by atoms with Gasteiger partial charge in [-0.1, -0.05) is 32.9 Å². The highest BCUT2D eigenvalue weighted by atomic mass is 19.1. The SMILES string of the molecule is Cc1cc(C(C)(C)C)cc(C)c1COC(=O)c1cc(C)n(-c2ccc(F)cc2)c1C. The van der Waals surface area contributed by atoms with E-state index < -0.39 is 0 Å². The third-order valence-corrected chi connectivity index (χ3v) is 5.65. The molecular weight excluding hydrogens is 377 g/mol. The predicted octanol–water partition coefficient (Wildman–Crippen LogP) is 6.50. The Bertz CT molecular complexity index is 1060. The molecule has 0 bridgehead atoms. The molecule has 0 radical (unpaired) electrons. The summed E-state index contributed by atoms with van der Waals surface area (Å²) >= 11 is 0. The Hall–Kier alpha value is -2.88. The van der Waals surface area contributed by atoms with Crippen molar-refractivity contribution >= 4 is 5.97 Å². The quantitative estimate of drug-likeness (QED) is 0.462. The van der Waals surface area contributed by atoms with Crippen LogP contribution in [0.5, 0.6) is 0 Å². The lowest BCUT2D eigenvalue weighted by molar-refractivity contribution is 0.0470. The van der Waals surface area contributed by atoms with Crippen LogP contribution >= 0.6 is 0 Å². The lowest BCUT2D eigenvalue weighted by atomic mass is 9.84. The molecule has 0 N–H and O–H groups in total. The van der Waals surface area contributed by atoms with Crippen molar-refractivity contribution in [2.75, 3.05) is 0 Å². The van der Waals surface area contributed by atoms with Gasteiger partial charge in [-0.2, -0.15) is 0 Å². The number of aryl methyl sites for hydroxylation is 3. The molecule has 0 atom stereocenters. The van der Waals surface area contributed by atoms with E-state index in [-0.39, 0.29) is 23.8 Å². The Labute approximate surface area is 178 Å². The first-order chi connectivity index (χ1) is 14.0. The molecule has 0 saturated heterocycles. The molecule has 30 heavy (non-hydrogen) atoms. The Kier molecular flexibility index (Phi) is 5.89. The van der Waals surface area contributed by atoms with Crippen LogP contribution < -0.4 is 0 Å². The number of ether oxygens (including phenoxy) is 1. The first kappa shape index (κ1) is 21.8. The van der Waals surface area contributed by atoms with Crippen LogP contribution in [0.2, 0.25) is 0 Å². The maximum Gasteiger partial charge on any atom is 0.340 e. The van der Waals surface area contributed by atoms with E-state index in [0.717, 1.165) is 33.8 Å². The van der Waals surface area contributed by atoms with E-state index in [0.29, 0.717) is 5.56 Å². The highest BCUT2D eigenvalue weighted by molar-refractivity contribution is 5.91. The molecule has 4 heteroatoms. The van der Waals surface area contributed by atoms with Crippen LogP contribution in [0, 0.1) is 33.5 Å². The smallest absolute Gasteiger partial charge is 0.340 e. The van der Waals surface area contributed by atoms with Gasteiger partial charge in [-0.3, -0.25) is 0 Å². The van der Waals surface area contributed by atoms with Crippen molar-refractivity contribution in [2.45, 2.75) is 60.5 Å². The summed E-state index contributed by atoms with van der Waals surface area (Å²) in [5, 5.41) is 0. The second-order valence-corrected chi connectivity index (χ2v) is 9.01. The molecule has 0 saturated carbocycles. The summed E-state index contributed by atoms with van der Waals surface area (Å²) in [6.07, 6.45) is 0. The zero-order chi connectivity index (χ0) is 22.2. The first-order valence-corrected chi connectivity index (χ1v) is 10.2. The average molecular weight is 408 g/mol. The summed E-state index contributed by atoms with van der Waals surface area (Å²) in [7, 11) is 0. The lowest BCUT2D eigenvalue weighted by Crippen LogP contribution is -2.13. The van der Waals surface area contributed by atoms with Crippen LogP contribution in [0.25, 0.3) is 5.69 Å². The van der Waals surface area contributed by atoms with E-state index in [1.54, 1.807) is 12.1 Å². The maximum absolute atomic E-state index is 13.3. The highest BCUT2D eigenvalue weighted by Gasteiger charge is 2.20. The molecule has 1 heterocycles. The van der Waals surface area contributed by atoms with Gasteiger partial charge in [0.25, 0.3) is 0 Å². The molecule has 0 fully saturated rings. The van der Waals surface area contributed by atoms with Crippen molar-refractivity contribution in [3.8, 4) is 5.69 Å². The lowest BCUT2D eigenvalue weighted by Gasteiger charge is -2.22. The molecule has 0 unspecified atom stereocenters. The van der Waals surface area contributed by atoms with Crippen LogP contribution in [0.4, 0.5) is 4.39 Å². The van der Waals surface area contributed by atoms with Gasteiger partial charge in [-0.05, 0) is 85.7 Å². The second kappa shape index (κ2) is 8.10. The monoisotopic (exact) mass is 407 g/mol. The molecule has 0 aliphatic rings. The number of carbonyl (C=O) groups is 1. The van der Waals surface area contributed by atoms with Crippen molar-refractivity contribution in [1.29, 1.82) is 0 Å². The third kappa shape index (κ3) is 4.33. The number of halogens is 1. The van der Waals surface area contributed by atoms with Gasteiger partial charge in [0.1, 0.15) is 12.4 Å². The van der Waals surface area contributed by atoms with Crippen LogP contribution in [0.1, 0.15) is 64.8 Å². The summed E-state index contributed by atoms with van der Waals surface area (Å²) in [6.45, 7) is 14.7. The molecule has 2 aromatic carbocycles. The number of aromatic nitrogens is 1. The minimum atomic E-state index is -0.352. The van der Waals surface area contributed by atoms with Gasteiger partial charge in [0.05, 0.1) is 5.56 Å². The standard InChI is InChI=1S/C26H30FNO2/c1-16-12-20(26(5,6)7)13-17(2)24(16)15-30-25(29)23-14-18(3)28(19(23)4)22-10-8-21(27)9-11-22/h8-14H,15H2,1-7H3. The number of esters is 1. The number of hydrogen-bond acceptors (Lipinski definition) is 2. The van der Waals surface area contributed by atoms with Crippen molar-refractivity contribution < 1.29 is 13.9 Å². The number of nitrogens with zero attached hydrogens (tertiary/aromatic N) is 1. The molecule has 0 spiro atoms. The number of rotatable bonds is 4. The Morgan fingerprint density at radius 2 is 1.53 bits per heavy atom. The van der Waals surface area contributed by atoms with Gasteiger partial charge in [0.15, 0.2) is 0 Å². The summed E-state index contributed by atoms with van der Waals surface area (Å²) in [6, 6.07) is 12.4. The summed E-state index contributed by atoms with van der Waals surface area (Å²) in [5.41, 5.74) is 7.66. The first-order valence-electron chi connectivity index (χ1n) is 10.2. The van der Waals surface area contributed by atoms with Crippen molar-refractivity contribution in [2.24, 2.45) is 0 Å². The fourth-order valence-corrected chi connectivity index (χ4v) is 3.83. The molecule has 0 aliphatic heterocycles. The maximum atomic E-state index is 13.3. The van der Waals surface area contributed by atoms with Crippen molar-refractivity contribution in [3.05, 3.63) is 87.5 Å². The number of carbonyl (C=O) groups excluding carboxylic acids is 1. The van der Waals surface area contributed by atoms with E-state index in [1.165, 1.54) is 17.7 Å². The molecular formula is C26H30FNO2. The minimum Gasteiger partial charge on any atom is -0.457 e. The molecule has 3 rings (SSSR count). The van der Waals surface area contributed by atoms with E-state index in [1.807, 2.05) is 24.5 Å². The predicted molar refractivity (Wildman–Crippen MR) is 119 cm³/mol. The van der Waals surface area contributed by atoms with Gasteiger partial charge in [-0.15, -0.1) is 0 Å². The minimum absolute atomic E-state index is 0.0721. The molecule has 158 valence electrons. The summed E-state index contributed by atoms with van der Waals surface area (Å²) < 4.78 is 20.9. The molecule has 3 aromatic rings. The van der Waals surface area contributed by atoms with Crippen molar-refractivity contribution in [3.63, 3.8) is 0 Å². The second-order valence-electron chi connectivity index (χ2n) is 9.01. The van der Waals surface area contributed by atoms with Crippen LogP contribution in [0.15, 0.2) is 42.5 Å².